The summed E-state index contributed by atoms with van der Waals surface area (Å²) in [6, 6.07) is -0.849. The average Bonchev–Trinajstić information content (AvgIpc) is 3.03. The lowest BCUT2D eigenvalue weighted by Gasteiger charge is -2.15. The number of allylic oxidation sites excluding steroid dienone is 1. The number of hydrogen-bond acceptors (Lipinski definition) is 5. The van der Waals surface area contributed by atoms with Crippen LogP contribution in [0.1, 0.15) is 200 Å². The van der Waals surface area contributed by atoms with Crippen LogP contribution in [0.15, 0.2) is 12.2 Å². The fourth-order valence-electron chi connectivity index (χ4n) is 5.83. The topological polar surface area (TPSA) is 119 Å². The van der Waals surface area contributed by atoms with Gasteiger partial charge in [-0.3, -0.25) is 9.59 Å². The molecule has 46 heavy (non-hydrogen) atoms. The number of nitrogens with one attached hydrogen (secondary N) is 1. The number of unbranched alkanes of at least 4 members (excludes halogenated alkanes) is 21. The smallest absolute Gasteiger partial charge is 0.326 e. The lowest BCUT2D eigenvalue weighted by molar-refractivity contribution is -0.147. The van der Waals surface area contributed by atoms with Crippen molar-refractivity contribution >= 4 is 17.8 Å². The molecule has 0 aliphatic rings. The van der Waals surface area contributed by atoms with Gasteiger partial charge in [0.2, 0.25) is 5.91 Å². The van der Waals surface area contributed by atoms with Gasteiger partial charge in [-0.15, -0.1) is 0 Å². The van der Waals surface area contributed by atoms with E-state index in [4.69, 9.17) is 10.5 Å². The molecule has 0 aliphatic carbocycles. The first-order valence-electron chi connectivity index (χ1n) is 19.5. The van der Waals surface area contributed by atoms with Gasteiger partial charge in [-0.05, 0) is 64.0 Å². The lowest BCUT2D eigenvalue weighted by atomic mass is 10.0. The van der Waals surface area contributed by atoms with Crippen LogP contribution in [-0.4, -0.2) is 41.6 Å². The van der Waals surface area contributed by atoms with Gasteiger partial charge in [0.25, 0.3) is 0 Å². The van der Waals surface area contributed by atoms with Gasteiger partial charge in [-0.25, -0.2) is 4.79 Å². The van der Waals surface area contributed by atoms with E-state index in [1.54, 1.807) is 0 Å². The Balaban J connectivity index is 4.30. The van der Waals surface area contributed by atoms with E-state index in [-0.39, 0.29) is 18.0 Å². The van der Waals surface area contributed by atoms with E-state index in [1.165, 1.54) is 96.3 Å². The van der Waals surface area contributed by atoms with Gasteiger partial charge in [0, 0.05) is 12.8 Å². The SMILES string of the molecule is CCCCCCCCC/C=C\C(CCCCCCCCC(=O)NC(CCCN)C(=O)O)OC(=O)CCCCCCCCCCCC. The average molecular weight is 651 g/mol. The summed E-state index contributed by atoms with van der Waals surface area (Å²) in [6.45, 7) is 4.92. The summed E-state index contributed by atoms with van der Waals surface area (Å²) in [5.41, 5.74) is 5.46. The monoisotopic (exact) mass is 651 g/mol. The molecular weight excluding hydrogens is 576 g/mol. The molecule has 0 rings (SSSR count). The fraction of sp³-hybridized carbons (Fsp3) is 0.872. The molecule has 2 unspecified atom stereocenters. The van der Waals surface area contributed by atoms with Crippen LogP contribution in [0, 0.1) is 0 Å². The van der Waals surface area contributed by atoms with Crippen LogP contribution in [0.4, 0.5) is 0 Å². The Kier molecular flexibility index (Phi) is 33.0. The van der Waals surface area contributed by atoms with Gasteiger partial charge in [0.1, 0.15) is 12.1 Å². The summed E-state index contributed by atoms with van der Waals surface area (Å²) in [5.74, 6) is -1.26. The van der Waals surface area contributed by atoms with Crippen molar-refractivity contribution in [1.29, 1.82) is 0 Å². The number of amides is 1. The predicted molar refractivity (Wildman–Crippen MR) is 193 cm³/mol. The molecule has 0 aromatic heterocycles. The number of carboxylic acids is 1. The largest absolute Gasteiger partial charge is 0.480 e. The molecule has 0 spiro atoms. The highest BCUT2D eigenvalue weighted by atomic mass is 16.5. The van der Waals surface area contributed by atoms with E-state index in [0.717, 1.165) is 64.2 Å². The number of carbonyl (C=O) groups excluding carboxylic acids is 2. The Morgan fingerprint density at radius 1 is 0.630 bits per heavy atom. The summed E-state index contributed by atoms with van der Waals surface area (Å²) in [6.07, 6.45) is 35.5. The highest BCUT2D eigenvalue weighted by Gasteiger charge is 2.18. The van der Waals surface area contributed by atoms with Crippen LogP contribution < -0.4 is 11.1 Å². The third kappa shape index (κ3) is 30.7. The maximum absolute atomic E-state index is 12.6. The molecule has 0 fully saturated rings. The Hall–Kier alpha value is -1.89. The van der Waals surface area contributed by atoms with Crippen molar-refractivity contribution in [1.82, 2.24) is 5.32 Å². The minimum absolute atomic E-state index is 0.0587. The summed E-state index contributed by atoms with van der Waals surface area (Å²) in [5, 5.41) is 11.9. The predicted octanol–water partition coefficient (Wildman–Crippen LogP) is 10.3. The zero-order valence-electron chi connectivity index (χ0n) is 30.2. The minimum atomic E-state index is -1.00. The van der Waals surface area contributed by atoms with Crippen molar-refractivity contribution in [3.05, 3.63) is 12.2 Å². The maximum atomic E-state index is 12.6. The van der Waals surface area contributed by atoms with Crippen molar-refractivity contribution in [3.8, 4) is 0 Å². The van der Waals surface area contributed by atoms with Crippen molar-refractivity contribution in [2.75, 3.05) is 6.54 Å². The van der Waals surface area contributed by atoms with Crippen LogP contribution >= 0.6 is 0 Å². The van der Waals surface area contributed by atoms with Crippen molar-refractivity contribution in [2.24, 2.45) is 5.73 Å². The summed E-state index contributed by atoms with van der Waals surface area (Å²) in [4.78, 5) is 36.1. The molecule has 7 nitrogen and oxygen atoms in total. The minimum Gasteiger partial charge on any atom is -0.480 e. The zero-order chi connectivity index (χ0) is 33.9. The van der Waals surface area contributed by atoms with Crippen LogP contribution in [0.25, 0.3) is 0 Å². The highest BCUT2D eigenvalue weighted by molar-refractivity contribution is 5.83. The van der Waals surface area contributed by atoms with E-state index in [2.05, 4.69) is 31.3 Å². The number of carboxylic acid groups (broad SMARTS) is 1. The van der Waals surface area contributed by atoms with Crippen molar-refractivity contribution in [2.45, 2.75) is 212 Å². The van der Waals surface area contributed by atoms with Crippen LogP contribution in [0.3, 0.4) is 0 Å². The second-order valence-corrected chi connectivity index (χ2v) is 13.3. The highest BCUT2D eigenvalue weighted by Crippen LogP contribution is 2.16. The third-order valence-corrected chi connectivity index (χ3v) is 8.82. The first-order chi connectivity index (χ1) is 22.4. The van der Waals surface area contributed by atoms with Crippen LogP contribution in [-0.2, 0) is 19.1 Å². The van der Waals surface area contributed by atoms with Crippen molar-refractivity contribution < 1.29 is 24.2 Å². The standard InChI is InChI=1S/C39H74N2O5/c1-3-5-7-9-11-13-15-17-23-27-33-38(43)46-35(29-24-20-16-14-12-10-8-6-4-2)30-25-21-18-19-22-26-32-37(42)41-36(39(44)45)31-28-34-40/h24,29,35-36H,3-23,25-28,30-34,40H2,1-2H3,(H,41,42)(H,44,45)/b29-24-. The lowest BCUT2D eigenvalue weighted by Crippen LogP contribution is -2.40. The molecule has 4 N–H and O–H groups in total. The molecule has 1 amide bonds. The summed E-state index contributed by atoms with van der Waals surface area (Å²) < 4.78 is 5.93. The summed E-state index contributed by atoms with van der Waals surface area (Å²) >= 11 is 0. The molecule has 0 bridgehead atoms. The van der Waals surface area contributed by atoms with Gasteiger partial charge in [0.05, 0.1) is 0 Å². The summed E-state index contributed by atoms with van der Waals surface area (Å²) in [7, 11) is 0. The number of carbonyl (C=O) groups is 3. The number of esters is 1. The number of ether oxygens (including phenoxy) is 1. The first-order valence-corrected chi connectivity index (χ1v) is 19.5. The quantitative estimate of drug-likeness (QED) is 0.0357. The van der Waals surface area contributed by atoms with E-state index < -0.39 is 12.0 Å². The van der Waals surface area contributed by atoms with E-state index in [0.29, 0.717) is 32.2 Å². The second kappa shape index (κ2) is 34.4. The van der Waals surface area contributed by atoms with Gasteiger partial charge in [-0.1, -0.05) is 142 Å². The van der Waals surface area contributed by atoms with Gasteiger partial charge in [0.15, 0.2) is 0 Å². The Morgan fingerprint density at radius 2 is 1.11 bits per heavy atom. The van der Waals surface area contributed by atoms with Gasteiger partial charge in [-0.2, -0.15) is 0 Å². The maximum Gasteiger partial charge on any atom is 0.326 e. The number of nitrogens with two attached hydrogens (primary N) is 1. The normalized spacial score (nSPS) is 12.8. The molecular formula is C39H74N2O5. The van der Waals surface area contributed by atoms with Gasteiger partial charge < -0.3 is 20.9 Å². The molecule has 7 heteroatoms. The van der Waals surface area contributed by atoms with Crippen molar-refractivity contribution in [3.63, 3.8) is 0 Å². The molecule has 270 valence electrons. The number of aliphatic carboxylic acids is 1. The molecule has 2 atom stereocenters. The zero-order valence-corrected chi connectivity index (χ0v) is 30.2. The number of hydrogen-bond donors (Lipinski definition) is 3. The Labute approximate surface area is 283 Å². The Morgan fingerprint density at radius 3 is 1.63 bits per heavy atom. The van der Waals surface area contributed by atoms with E-state index in [9.17, 15) is 19.5 Å². The van der Waals surface area contributed by atoms with Crippen LogP contribution in [0.5, 0.6) is 0 Å². The molecule has 0 heterocycles. The molecule has 0 aromatic rings. The molecule has 0 aromatic carbocycles. The second-order valence-electron chi connectivity index (χ2n) is 13.3. The fourth-order valence-corrected chi connectivity index (χ4v) is 5.83. The van der Waals surface area contributed by atoms with Gasteiger partial charge >= 0.3 is 11.9 Å². The molecule has 0 aliphatic heterocycles. The van der Waals surface area contributed by atoms with E-state index in [1.807, 2.05) is 0 Å². The Bertz CT molecular complexity index is 742. The first kappa shape index (κ1) is 44.1. The molecule has 0 radical (unpaired) electrons. The van der Waals surface area contributed by atoms with E-state index >= 15 is 0 Å². The van der Waals surface area contributed by atoms with Crippen LogP contribution in [0.2, 0.25) is 0 Å². The molecule has 0 saturated heterocycles. The third-order valence-electron chi connectivity index (χ3n) is 8.82. The molecule has 0 saturated carbocycles. The number of rotatable bonds is 35.